The van der Waals surface area contributed by atoms with Crippen LogP contribution in [0.1, 0.15) is 11.1 Å². The van der Waals surface area contributed by atoms with E-state index in [-0.39, 0.29) is 22.0 Å². The molecule has 0 spiro atoms. The van der Waals surface area contributed by atoms with Crippen molar-refractivity contribution in [3.05, 3.63) is 75.0 Å². The van der Waals surface area contributed by atoms with E-state index >= 15 is 0 Å². The fourth-order valence-electron chi connectivity index (χ4n) is 2.39. The molecular weight excluding hydrogens is 348 g/mol. The van der Waals surface area contributed by atoms with Gasteiger partial charge in [-0.25, -0.2) is 13.1 Å². The van der Waals surface area contributed by atoms with Crippen LogP contribution in [0.15, 0.2) is 58.2 Å². The summed E-state index contributed by atoms with van der Waals surface area (Å²) in [5.74, 6) is 0. The first-order valence-corrected chi connectivity index (χ1v) is 9.10. The predicted molar refractivity (Wildman–Crippen MR) is 94.8 cm³/mol. The van der Waals surface area contributed by atoms with Crippen molar-refractivity contribution in [2.75, 3.05) is 0 Å². The molecule has 7 heteroatoms. The fraction of sp³-hybridized carbons (Fsp3) is 0.118. The second kappa shape index (κ2) is 6.39. The van der Waals surface area contributed by atoms with Gasteiger partial charge in [0.2, 0.25) is 10.0 Å². The lowest BCUT2D eigenvalue weighted by Crippen LogP contribution is -2.23. The molecule has 0 aliphatic carbocycles. The molecule has 0 saturated heterocycles. The normalized spacial score (nSPS) is 11.8. The predicted octanol–water partition coefficient (Wildman–Crippen LogP) is 2.97. The number of halogens is 1. The second-order valence-electron chi connectivity index (χ2n) is 5.46. The number of aryl methyl sites for hydroxylation is 1. The molecule has 2 aromatic carbocycles. The zero-order valence-electron chi connectivity index (χ0n) is 12.8. The van der Waals surface area contributed by atoms with E-state index < -0.39 is 10.0 Å². The van der Waals surface area contributed by atoms with Gasteiger partial charge >= 0.3 is 0 Å². The van der Waals surface area contributed by atoms with Gasteiger partial charge in [0, 0.05) is 17.6 Å². The van der Waals surface area contributed by atoms with Crippen LogP contribution in [0.4, 0.5) is 0 Å². The largest absolute Gasteiger partial charge is 0.322 e. The number of hydrogen-bond acceptors (Lipinski definition) is 3. The Morgan fingerprint density at radius 2 is 1.88 bits per heavy atom. The van der Waals surface area contributed by atoms with Crippen LogP contribution in [0.5, 0.6) is 0 Å². The Morgan fingerprint density at radius 3 is 2.62 bits per heavy atom. The number of aromatic nitrogens is 1. The van der Waals surface area contributed by atoms with E-state index in [0.29, 0.717) is 11.1 Å². The molecule has 5 nitrogen and oxygen atoms in total. The molecule has 0 amide bonds. The van der Waals surface area contributed by atoms with Crippen LogP contribution in [0, 0.1) is 6.92 Å². The van der Waals surface area contributed by atoms with Crippen LogP contribution in [-0.2, 0) is 16.6 Å². The lowest BCUT2D eigenvalue weighted by molar-refractivity contribution is 0.581. The van der Waals surface area contributed by atoms with Crippen LogP contribution in [0.25, 0.3) is 10.9 Å². The van der Waals surface area contributed by atoms with Crippen molar-refractivity contribution < 1.29 is 8.42 Å². The first-order chi connectivity index (χ1) is 11.4. The lowest BCUT2D eigenvalue weighted by atomic mass is 10.1. The standard InChI is InChI=1S/C17H15ClN2O3S/c1-11-8-13-9-12(6-7-15(13)20-17(11)21)10-19-24(22,23)16-5-3-2-4-14(16)18/h2-9,19H,10H2,1H3,(H,20,21). The van der Waals surface area contributed by atoms with Gasteiger partial charge in [-0.3, -0.25) is 4.79 Å². The summed E-state index contributed by atoms with van der Waals surface area (Å²) in [6, 6.07) is 13.4. The summed E-state index contributed by atoms with van der Waals surface area (Å²) in [7, 11) is -3.70. The second-order valence-corrected chi connectivity index (χ2v) is 7.60. The van der Waals surface area contributed by atoms with Crippen molar-refractivity contribution in [2.45, 2.75) is 18.4 Å². The van der Waals surface area contributed by atoms with Crippen molar-refractivity contribution in [1.82, 2.24) is 9.71 Å². The average Bonchev–Trinajstić information content (AvgIpc) is 2.54. The van der Waals surface area contributed by atoms with Crippen molar-refractivity contribution >= 4 is 32.5 Å². The number of hydrogen-bond donors (Lipinski definition) is 2. The van der Waals surface area contributed by atoms with E-state index in [4.69, 9.17) is 11.6 Å². The van der Waals surface area contributed by atoms with Gasteiger partial charge in [-0.1, -0.05) is 29.8 Å². The van der Waals surface area contributed by atoms with Crippen LogP contribution >= 0.6 is 11.6 Å². The molecular formula is C17H15ClN2O3S. The highest BCUT2D eigenvalue weighted by atomic mass is 35.5. The summed E-state index contributed by atoms with van der Waals surface area (Å²) in [5, 5.41) is 1.03. The molecule has 1 heterocycles. The third-order valence-corrected chi connectivity index (χ3v) is 5.59. The molecule has 0 radical (unpaired) electrons. The summed E-state index contributed by atoms with van der Waals surface area (Å²) < 4.78 is 27.2. The van der Waals surface area contributed by atoms with Crippen LogP contribution in [0.3, 0.4) is 0 Å². The molecule has 124 valence electrons. The molecule has 0 atom stereocenters. The molecule has 0 aliphatic rings. The van der Waals surface area contributed by atoms with Gasteiger partial charge in [0.1, 0.15) is 4.90 Å². The van der Waals surface area contributed by atoms with Crippen LogP contribution < -0.4 is 10.3 Å². The van der Waals surface area contributed by atoms with Gasteiger partial charge in [0.15, 0.2) is 0 Å². The number of fused-ring (bicyclic) bond motifs is 1. The molecule has 0 aliphatic heterocycles. The SMILES string of the molecule is Cc1cc2cc(CNS(=O)(=O)c3ccccc3Cl)ccc2[nH]c1=O. The maximum Gasteiger partial charge on any atom is 0.251 e. The zero-order valence-corrected chi connectivity index (χ0v) is 14.4. The Labute approximate surface area is 144 Å². The quantitative estimate of drug-likeness (QED) is 0.748. The van der Waals surface area contributed by atoms with E-state index in [2.05, 4.69) is 9.71 Å². The fourth-order valence-corrected chi connectivity index (χ4v) is 3.93. The number of aromatic amines is 1. The van der Waals surface area contributed by atoms with E-state index in [1.165, 1.54) is 12.1 Å². The molecule has 3 aromatic rings. The average molecular weight is 363 g/mol. The maximum atomic E-state index is 12.3. The third kappa shape index (κ3) is 3.36. The lowest BCUT2D eigenvalue weighted by Gasteiger charge is -2.09. The Kier molecular flexibility index (Phi) is 4.45. The molecule has 0 unspecified atom stereocenters. The van der Waals surface area contributed by atoms with Crippen LogP contribution in [0.2, 0.25) is 5.02 Å². The summed E-state index contributed by atoms with van der Waals surface area (Å²) >= 11 is 5.95. The van der Waals surface area contributed by atoms with E-state index in [9.17, 15) is 13.2 Å². The van der Waals surface area contributed by atoms with E-state index in [0.717, 1.165) is 10.9 Å². The summed E-state index contributed by atoms with van der Waals surface area (Å²) in [6.07, 6.45) is 0. The van der Waals surface area contributed by atoms with E-state index in [1.54, 1.807) is 37.3 Å². The summed E-state index contributed by atoms with van der Waals surface area (Å²) in [6.45, 7) is 1.85. The van der Waals surface area contributed by atoms with Crippen molar-refractivity contribution in [1.29, 1.82) is 0 Å². The molecule has 0 saturated carbocycles. The third-order valence-electron chi connectivity index (χ3n) is 3.69. The Bertz CT molecular complexity index is 1070. The van der Waals surface area contributed by atoms with E-state index in [1.807, 2.05) is 6.07 Å². The van der Waals surface area contributed by atoms with Gasteiger partial charge < -0.3 is 4.98 Å². The Morgan fingerprint density at radius 1 is 1.12 bits per heavy atom. The smallest absolute Gasteiger partial charge is 0.251 e. The van der Waals surface area contributed by atoms with Gasteiger partial charge in [-0.15, -0.1) is 0 Å². The van der Waals surface area contributed by atoms with Gasteiger partial charge in [0.25, 0.3) is 5.56 Å². The summed E-state index contributed by atoms with van der Waals surface area (Å²) in [4.78, 5) is 14.4. The van der Waals surface area contributed by atoms with Gasteiger partial charge in [-0.2, -0.15) is 0 Å². The zero-order chi connectivity index (χ0) is 17.3. The number of benzene rings is 2. The minimum absolute atomic E-state index is 0.0487. The van der Waals surface area contributed by atoms with Gasteiger partial charge in [-0.05, 0) is 48.2 Å². The monoisotopic (exact) mass is 362 g/mol. The minimum atomic E-state index is -3.70. The Hall–Kier alpha value is -2.15. The Balaban J connectivity index is 1.87. The molecule has 2 N–H and O–H groups in total. The highest BCUT2D eigenvalue weighted by Gasteiger charge is 2.16. The molecule has 0 fully saturated rings. The number of rotatable bonds is 4. The highest BCUT2D eigenvalue weighted by Crippen LogP contribution is 2.21. The number of H-pyrrole nitrogens is 1. The van der Waals surface area contributed by atoms with Crippen LogP contribution in [-0.4, -0.2) is 13.4 Å². The highest BCUT2D eigenvalue weighted by molar-refractivity contribution is 7.89. The van der Waals surface area contributed by atoms with Crippen molar-refractivity contribution in [3.63, 3.8) is 0 Å². The number of nitrogens with one attached hydrogen (secondary N) is 2. The van der Waals surface area contributed by atoms with Gasteiger partial charge in [0.05, 0.1) is 5.02 Å². The van der Waals surface area contributed by atoms with Crippen molar-refractivity contribution in [2.24, 2.45) is 0 Å². The topological polar surface area (TPSA) is 79.0 Å². The molecule has 1 aromatic heterocycles. The summed E-state index contributed by atoms with van der Waals surface area (Å²) in [5.41, 5.74) is 1.97. The minimum Gasteiger partial charge on any atom is -0.322 e. The maximum absolute atomic E-state index is 12.3. The number of pyridine rings is 1. The van der Waals surface area contributed by atoms with Crippen molar-refractivity contribution in [3.8, 4) is 0 Å². The molecule has 3 rings (SSSR count). The molecule has 0 bridgehead atoms. The first kappa shape index (κ1) is 16.7. The molecule has 24 heavy (non-hydrogen) atoms. The number of sulfonamides is 1. The first-order valence-electron chi connectivity index (χ1n) is 7.23.